The molecule has 2 heterocycles. The van der Waals surface area contributed by atoms with Gasteiger partial charge >= 0.3 is 0 Å². The van der Waals surface area contributed by atoms with E-state index < -0.39 is 6.10 Å². The van der Waals surface area contributed by atoms with Gasteiger partial charge in [-0.25, -0.2) is 0 Å². The molecule has 1 amide bonds. The van der Waals surface area contributed by atoms with E-state index >= 15 is 0 Å². The van der Waals surface area contributed by atoms with Crippen molar-refractivity contribution in [2.75, 3.05) is 13.1 Å². The number of aliphatic hydroxyl groups excluding tert-OH is 1. The van der Waals surface area contributed by atoms with Gasteiger partial charge in [0.2, 0.25) is 5.91 Å². The molecule has 5 nitrogen and oxygen atoms in total. The van der Waals surface area contributed by atoms with Crippen molar-refractivity contribution >= 4 is 5.91 Å². The third kappa shape index (κ3) is 3.76. The largest absolute Gasteiger partial charge is 0.388 e. The van der Waals surface area contributed by atoms with E-state index in [-0.39, 0.29) is 11.8 Å². The Balaban J connectivity index is 1.57. The zero-order chi connectivity index (χ0) is 18.0. The summed E-state index contributed by atoms with van der Waals surface area (Å²) in [5, 5.41) is 15.0. The van der Waals surface area contributed by atoms with Crippen LogP contribution in [-0.2, 0) is 18.3 Å². The van der Waals surface area contributed by atoms with Crippen molar-refractivity contribution in [2.24, 2.45) is 13.0 Å². The monoisotopic (exact) mass is 341 g/mol. The van der Waals surface area contributed by atoms with E-state index in [1.807, 2.05) is 60.8 Å². The van der Waals surface area contributed by atoms with Crippen LogP contribution in [0.2, 0.25) is 0 Å². The normalized spacial score (nSPS) is 16.9. The van der Waals surface area contributed by atoms with E-state index in [1.54, 1.807) is 0 Å². The van der Waals surface area contributed by atoms with E-state index in [2.05, 4.69) is 5.10 Å². The second-order valence-corrected chi connectivity index (χ2v) is 7.02. The summed E-state index contributed by atoms with van der Waals surface area (Å²) in [7, 11) is 1.91. The van der Waals surface area contributed by atoms with Crippen LogP contribution in [0.25, 0.3) is 0 Å². The highest BCUT2D eigenvalue weighted by molar-refractivity contribution is 5.79. The number of aliphatic hydroxyl groups is 1. The molecule has 1 aromatic heterocycles. The number of rotatable bonds is 4. The smallest absolute Gasteiger partial charge is 0.227 e. The lowest BCUT2D eigenvalue weighted by Crippen LogP contribution is -2.40. The van der Waals surface area contributed by atoms with Crippen molar-refractivity contribution in [2.45, 2.75) is 39.2 Å². The van der Waals surface area contributed by atoms with Crippen LogP contribution in [0.15, 0.2) is 30.3 Å². The lowest BCUT2D eigenvalue weighted by atomic mass is 9.87. The zero-order valence-corrected chi connectivity index (χ0v) is 15.3. The fourth-order valence-electron chi connectivity index (χ4n) is 3.72. The van der Waals surface area contributed by atoms with E-state index in [1.165, 1.54) is 0 Å². The Bertz CT molecular complexity index is 731. The van der Waals surface area contributed by atoms with E-state index in [0.717, 1.165) is 35.4 Å². The number of piperidine rings is 1. The summed E-state index contributed by atoms with van der Waals surface area (Å²) in [5.41, 5.74) is 4.00. The first-order valence-corrected chi connectivity index (χ1v) is 8.97. The van der Waals surface area contributed by atoms with Crippen LogP contribution in [0.5, 0.6) is 0 Å². The predicted molar refractivity (Wildman–Crippen MR) is 97.1 cm³/mol. The Morgan fingerprint density at radius 2 is 1.88 bits per heavy atom. The van der Waals surface area contributed by atoms with Crippen molar-refractivity contribution < 1.29 is 9.90 Å². The van der Waals surface area contributed by atoms with Gasteiger partial charge in [-0.3, -0.25) is 9.48 Å². The third-order valence-electron chi connectivity index (χ3n) is 5.47. The lowest BCUT2D eigenvalue weighted by molar-refractivity contribution is -0.132. The Labute approximate surface area is 149 Å². The number of carbonyl (C=O) groups excluding carboxylic acids is 1. The van der Waals surface area contributed by atoms with E-state index in [4.69, 9.17) is 0 Å². The molecule has 1 aliphatic rings. The second kappa shape index (κ2) is 7.40. The van der Waals surface area contributed by atoms with Crippen LogP contribution in [0.1, 0.15) is 41.5 Å². The number of aromatic nitrogens is 2. The molecule has 0 saturated carbocycles. The van der Waals surface area contributed by atoms with Crippen LogP contribution in [-0.4, -0.2) is 38.8 Å². The number of aryl methyl sites for hydroxylation is 2. The summed E-state index contributed by atoms with van der Waals surface area (Å²) < 4.78 is 1.83. The van der Waals surface area contributed by atoms with Crippen LogP contribution < -0.4 is 0 Å². The minimum atomic E-state index is -0.443. The maximum atomic E-state index is 12.7. The number of likely N-dealkylation sites (tertiary alicyclic amines) is 1. The van der Waals surface area contributed by atoms with Gasteiger partial charge in [0.25, 0.3) is 0 Å². The minimum absolute atomic E-state index is 0.159. The number of hydrogen-bond acceptors (Lipinski definition) is 3. The molecule has 25 heavy (non-hydrogen) atoms. The summed E-state index contributed by atoms with van der Waals surface area (Å²) in [6, 6.07) is 9.80. The Morgan fingerprint density at radius 3 is 2.44 bits per heavy atom. The Hall–Kier alpha value is -2.14. The fourth-order valence-corrected chi connectivity index (χ4v) is 3.72. The van der Waals surface area contributed by atoms with Crippen LogP contribution in [0.3, 0.4) is 0 Å². The number of amides is 1. The predicted octanol–water partition coefficient (Wildman–Crippen LogP) is 2.55. The van der Waals surface area contributed by atoms with Crippen LogP contribution in [0.4, 0.5) is 0 Å². The topological polar surface area (TPSA) is 58.4 Å². The number of carbonyl (C=O) groups is 1. The quantitative estimate of drug-likeness (QED) is 0.930. The summed E-state index contributed by atoms with van der Waals surface area (Å²) in [6.45, 7) is 5.39. The fraction of sp³-hybridized carbons (Fsp3) is 0.500. The molecule has 0 radical (unpaired) electrons. The number of benzene rings is 1. The highest BCUT2D eigenvalue weighted by atomic mass is 16.3. The molecular formula is C20H27N3O2. The number of hydrogen-bond donors (Lipinski definition) is 1. The summed E-state index contributed by atoms with van der Waals surface area (Å²) in [4.78, 5) is 14.6. The Morgan fingerprint density at radius 1 is 1.24 bits per heavy atom. The summed E-state index contributed by atoms with van der Waals surface area (Å²) >= 11 is 0. The van der Waals surface area contributed by atoms with Crippen LogP contribution >= 0.6 is 0 Å². The van der Waals surface area contributed by atoms with Crippen molar-refractivity contribution in [3.05, 3.63) is 52.8 Å². The van der Waals surface area contributed by atoms with Crippen molar-refractivity contribution in [3.8, 4) is 0 Å². The molecule has 0 spiro atoms. The molecule has 1 atom stereocenters. The molecule has 1 N–H and O–H groups in total. The van der Waals surface area contributed by atoms with Gasteiger partial charge in [0.1, 0.15) is 0 Å². The lowest BCUT2D eigenvalue weighted by Gasteiger charge is -2.34. The first-order valence-electron chi connectivity index (χ1n) is 8.97. The molecule has 134 valence electrons. The van der Waals surface area contributed by atoms with E-state index in [9.17, 15) is 9.90 Å². The Kier molecular flexibility index (Phi) is 5.23. The first-order chi connectivity index (χ1) is 12.0. The average molecular weight is 341 g/mol. The average Bonchev–Trinajstić information content (AvgIpc) is 2.88. The molecule has 1 aliphatic heterocycles. The van der Waals surface area contributed by atoms with Gasteiger partial charge in [0.15, 0.2) is 0 Å². The molecule has 1 fully saturated rings. The van der Waals surface area contributed by atoms with E-state index in [0.29, 0.717) is 19.5 Å². The summed E-state index contributed by atoms with van der Waals surface area (Å²) in [6.07, 6.45) is 1.65. The SMILES string of the molecule is Cc1nn(C)c(C)c1CC(=O)N1CCC([C@@H](O)c2ccccc2)CC1. The van der Waals surface area contributed by atoms with Gasteiger partial charge in [0, 0.05) is 31.4 Å². The molecule has 5 heteroatoms. The standard InChI is InChI=1S/C20H27N3O2/c1-14-18(15(2)22(3)21-14)13-19(24)23-11-9-17(10-12-23)20(25)16-7-5-4-6-8-16/h4-8,17,20,25H,9-13H2,1-3H3/t20-/m0/s1. The first kappa shape index (κ1) is 17.7. The molecule has 1 aromatic carbocycles. The zero-order valence-electron chi connectivity index (χ0n) is 15.3. The molecule has 0 bridgehead atoms. The van der Waals surface area contributed by atoms with Gasteiger partial charge in [-0.05, 0) is 38.2 Å². The maximum Gasteiger partial charge on any atom is 0.227 e. The highest BCUT2D eigenvalue weighted by Gasteiger charge is 2.28. The molecule has 0 unspecified atom stereocenters. The van der Waals surface area contributed by atoms with Gasteiger partial charge < -0.3 is 10.0 Å². The number of nitrogens with zero attached hydrogens (tertiary/aromatic N) is 3. The molecule has 0 aliphatic carbocycles. The van der Waals surface area contributed by atoms with Gasteiger partial charge in [-0.1, -0.05) is 30.3 Å². The molecule has 2 aromatic rings. The van der Waals surface area contributed by atoms with Gasteiger partial charge in [-0.15, -0.1) is 0 Å². The highest BCUT2D eigenvalue weighted by Crippen LogP contribution is 2.30. The molecule has 3 rings (SSSR count). The van der Waals surface area contributed by atoms with Gasteiger partial charge in [0.05, 0.1) is 18.2 Å². The third-order valence-corrected chi connectivity index (χ3v) is 5.47. The minimum Gasteiger partial charge on any atom is -0.388 e. The van der Waals surface area contributed by atoms with Crippen molar-refractivity contribution in [1.29, 1.82) is 0 Å². The summed E-state index contributed by atoms with van der Waals surface area (Å²) in [5.74, 6) is 0.375. The van der Waals surface area contributed by atoms with Crippen molar-refractivity contribution in [1.82, 2.24) is 14.7 Å². The van der Waals surface area contributed by atoms with Crippen molar-refractivity contribution in [3.63, 3.8) is 0 Å². The van der Waals surface area contributed by atoms with Gasteiger partial charge in [-0.2, -0.15) is 5.10 Å². The maximum absolute atomic E-state index is 12.7. The van der Waals surface area contributed by atoms with Crippen LogP contribution in [0, 0.1) is 19.8 Å². The molecule has 1 saturated heterocycles. The molecular weight excluding hydrogens is 314 g/mol. The second-order valence-electron chi connectivity index (χ2n) is 7.02.